The summed E-state index contributed by atoms with van der Waals surface area (Å²) in [5.41, 5.74) is 2.13. The Morgan fingerprint density at radius 2 is 1.60 bits per heavy atom. The fourth-order valence-corrected chi connectivity index (χ4v) is 6.17. The zero-order valence-electron chi connectivity index (χ0n) is 23.8. The van der Waals surface area contributed by atoms with Crippen molar-refractivity contribution in [3.63, 3.8) is 0 Å². The maximum atomic E-state index is 14.2. The second-order valence-corrected chi connectivity index (χ2v) is 13.1. The Morgan fingerprint density at radius 1 is 0.929 bits per heavy atom. The van der Waals surface area contributed by atoms with E-state index in [2.05, 4.69) is 5.32 Å². The van der Waals surface area contributed by atoms with E-state index in [4.69, 9.17) is 11.6 Å². The van der Waals surface area contributed by atoms with Crippen LogP contribution in [0, 0.1) is 0 Å². The average Bonchev–Trinajstić information content (AvgIpc) is 3.47. The standard InChI is InChI=1S/C32H36ClN3O5S/c1-23(37)26-11-8-14-29(20-26)36(42(2,40)41)22-31(38)35(21-25-15-17-27(33)18-16-25)30(19-24-9-4-3-5-10-24)32(39)34-28-12-6-7-13-28/h3-5,8-11,14-18,20,28,30H,6-7,12-13,19,21-22H2,1-2H3,(H,34,39)/t30-/m1/s1. The average molecular weight is 610 g/mol. The number of sulfonamides is 1. The van der Waals surface area contributed by atoms with Crippen molar-refractivity contribution in [1.82, 2.24) is 10.2 Å². The molecule has 0 aliphatic heterocycles. The Morgan fingerprint density at radius 3 is 2.21 bits per heavy atom. The SMILES string of the molecule is CC(=O)c1cccc(N(CC(=O)N(Cc2ccc(Cl)cc2)[C@H](Cc2ccccc2)C(=O)NC2CCCC2)S(C)(=O)=O)c1. The molecule has 1 saturated carbocycles. The second-order valence-electron chi connectivity index (χ2n) is 10.7. The molecule has 3 aromatic rings. The van der Waals surface area contributed by atoms with Crippen LogP contribution in [0.15, 0.2) is 78.9 Å². The van der Waals surface area contributed by atoms with Crippen molar-refractivity contribution < 1.29 is 22.8 Å². The maximum absolute atomic E-state index is 14.2. The normalized spacial score (nSPS) is 14.3. The number of anilines is 1. The number of carbonyl (C=O) groups is 3. The molecule has 0 unspecified atom stereocenters. The highest BCUT2D eigenvalue weighted by molar-refractivity contribution is 7.92. The van der Waals surface area contributed by atoms with Crippen molar-refractivity contribution in [2.45, 2.75) is 57.7 Å². The first-order valence-electron chi connectivity index (χ1n) is 14.0. The van der Waals surface area contributed by atoms with E-state index in [1.807, 2.05) is 30.3 Å². The third kappa shape index (κ3) is 8.42. The molecule has 0 heterocycles. The largest absolute Gasteiger partial charge is 0.352 e. The van der Waals surface area contributed by atoms with Gasteiger partial charge in [-0.1, -0.05) is 79.0 Å². The van der Waals surface area contributed by atoms with Crippen LogP contribution < -0.4 is 9.62 Å². The molecule has 1 N–H and O–H groups in total. The smallest absolute Gasteiger partial charge is 0.244 e. The van der Waals surface area contributed by atoms with Crippen molar-refractivity contribution in [3.05, 3.63) is 101 Å². The van der Waals surface area contributed by atoms with Crippen molar-refractivity contribution in [1.29, 1.82) is 0 Å². The summed E-state index contributed by atoms with van der Waals surface area (Å²) >= 11 is 6.11. The number of hydrogen-bond donors (Lipinski definition) is 1. The Bertz CT molecular complexity index is 1510. The van der Waals surface area contributed by atoms with Crippen LogP contribution in [0.3, 0.4) is 0 Å². The fourth-order valence-electron chi connectivity index (χ4n) is 5.20. The third-order valence-electron chi connectivity index (χ3n) is 7.46. The monoisotopic (exact) mass is 609 g/mol. The summed E-state index contributed by atoms with van der Waals surface area (Å²) in [4.78, 5) is 41.5. The van der Waals surface area contributed by atoms with Gasteiger partial charge in [0.2, 0.25) is 21.8 Å². The number of amides is 2. The summed E-state index contributed by atoms with van der Waals surface area (Å²) in [5, 5.41) is 3.67. The molecule has 0 saturated heterocycles. The molecule has 0 spiro atoms. The van der Waals surface area contributed by atoms with Gasteiger partial charge in [-0.25, -0.2) is 8.42 Å². The van der Waals surface area contributed by atoms with Crippen LogP contribution in [0.25, 0.3) is 0 Å². The number of nitrogens with one attached hydrogen (secondary N) is 1. The van der Waals surface area contributed by atoms with Gasteiger partial charge in [0, 0.05) is 29.6 Å². The molecule has 3 aromatic carbocycles. The van der Waals surface area contributed by atoms with Crippen LogP contribution in [0.5, 0.6) is 0 Å². The number of ketones is 1. The summed E-state index contributed by atoms with van der Waals surface area (Å²) in [6, 6.07) is 21.7. The number of Topliss-reactive ketones (excluding diaryl/α,β-unsaturated/α-hetero) is 1. The highest BCUT2D eigenvalue weighted by Crippen LogP contribution is 2.23. The zero-order valence-corrected chi connectivity index (χ0v) is 25.4. The minimum atomic E-state index is -3.93. The zero-order chi connectivity index (χ0) is 30.3. The van der Waals surface area contributed by atoms with E-state index in [0.717, 1.165) is 47.4 Å². The highest BCUT2D eigenvalue weighted by atomic mass is 35.5. The van der Waals surface area contributed by atoms with Gasteiger partial charge in [-0.15, -0.1) is 0 Å². The summed E-state index contributed by atoms with van der Waals surface area (Å²) in [5.74, 6) is -1.06. The van der Waals surface area contributed by atoms with E-state index in [1.165, 1.54) is 17.9 Å². The summed E-state index contributed by atoms with van der Waals surface area (Å²) in [7, 11) is -3.93. The van der Waals surface area contributed by atoms with Crippen LogP contribution in [0.4, 0.5) is 5.69 Å². The van der Waals surface area contributed by atoms with Crippen LogP contribution in [-0.4, -0.2) is 55.8 Å². The predicted octanol–water partition coefficient (Wildman–Crippen LogP) is 5.01. The number of rotatable bonds is 12. The summed E-state index contributed by atoms with van der Waals surface area (Å²) < 4.78 is 26.9. The van der Waals surface area contributed by atoms with E-state index in [-0.39, 0.29) is 36.4 Å². The van der Waals surface area contributed by atoms with Gasteiger partial charge in [0.25, 0.3) is 0 Å². The van der Waals surface area contributed by atoms with Crippen molar-refractivity contribution in [3.8, 4) is 0 Å². The molecule has 2 amide bonds. The molecule has 1 aliphatic rings. The molecule has 8 nitrogen and oxygen atoms in total. The predicted molar refractivity (Wildman–Crippen MR) is 165 cm³/mol. The van der Waals surface area contributed by atoms with Gasteiger partial charge in [0.1, 0.15) is 12.6 Å². The van der Waals surface area contributed by atoms with Crippen molar-refractivity contribution in [2.75, 3.05) is 17.1 Å². The Hall–Kier alpha value is -3.69. The lowest BCUT2D eigenvalue weighted by Gasteiger charge is -2.34. The summed E-state index contributed by atoms with van der Waals surface area (Å²) in [6.45, 7) is 0.909. The molecule has 1 aliphatic carbocycles. The second kappa shape index (κ2) is 14.0. The number of carbonyl (C=O) groups excluding carboxylic acids is 3. The molecule has 222 valence electrons. The number of hydrogen-bond acceptors (Lipinski definition) is 5. The molecule has 1 atom stereocenters. The van der Waals surface area contributed by atoms with Crippen LogP contribution in [0.2, 0.25) is 5.02 Å². The molecule has 4 rings (SSSR count). The molecule has 0 bridgehead atoms. The van der Waals surface area contributed by atoms with Gasteiger partial charge in [-0.3, -0.25) is 18.7 Å². The lowest BCUT2D eigenvalue weighted by atomic mass is 10.0. The van der Waals surface area contributed by atoms with Gasteiger partial charge < -0.3 is 10.2 Å². The first-order valence-corrected chi connectivity index (χ1v) is 16.2. The Kier molecular flexibility index (Phi) is 10.4. The van der Waals surface area contributed by atoms with E-state index in [0.29, 0.717) is 10.6 Å². The minimum Gasteiger partial charge on any atom is -0.352 e. The molecule has 1 fully saturated rings. The highest BCUT2D eigenvalue weighted by Gasteiger charge is 2.34. The number of nitrogens with zero attached hydrogens (tertiary/aromatic N) is 2. The van der Waals surface area contributed by atoms with E-state index in [1.54, 1.807) is 42.5 Å². The van der Waals surface area contributed by atoms with E-state index < -0.39 is 28.5 Å². The molecule has 10 heteroatoms. The minimum absolute atomic E-state index is 0.0325. The number of halogens is 1. The number of benzene rings is 3. The fraction of sp³-hybridized carbons (Fsp3) is 0.344. The topological polar surface area (TPSA) is 104 Å². The maximum Gasteiger partial charge on any atom is 0.244 e. The van der Waals surface area contributed by atoms with Crippen molar-refractivity contribution in [2.24, 2.45) is 0 Å². The lowest BCUT2D eigenvalue weighted by molar-refractivity contribution is -0.140. The molecular weight excluding hydrogens is 574 g/mol. The Balaban J connectivity index is 1.73. The van der Waals surface area contributed by atoms with Crippen molar-refractivity contribution >= 4 is 44.9 Å². The molecule has 0 aromatic heterocycles. The Labute approximate surface area is 252 Å². The lowest BCUT2D eigenvalue weighted by Crippen LogP contribution is -2.54. The first kappa shape index (κ1) is 31.3. The van der Waals surface area contributed by atoms with Crippen LogP contribution in [-0.2, 0) is 32.6 Å². The third-order valence-corrected chi connectivity index (χ3v) is 8.85. The van der Waals surface area contributed by atoms with Gasteiger partial charge in [0.15, 0.2) is 5.78 Å². The summed E-state index contributed by atoms with van der Waals surface area (Å²) in [6.07, 6.45) is 5.08. The van der Waals surface area contributed by atoms with Crippen LogP contribution >= 0.6 is 11.6 Å². The van der Waals surface area contributed by atoms with E-state index in [9.17, 15) is 22.8 Å². The molecular formula is C32H36ClN3O5S. The van der Waals surface area contributed by atoms with Gasteiger partial charge in [0.05, 0.1) is 11.9 Å². The quantitative estimate of drug-likeness (QED) is 0.291. The molecule has 0 radical (unpaired) electrons. The first-order chi connectivity index (χ1) is 20.0. The molecule has 42 heavy (non-hydrogen) atoms. The van der Waals surface area contributed by atoms with Gasteiger partial charge in [-0.05, 0) is 55.2 Å². The van der Waals surface area contributed by atoms with Crippen LogP contribution in [0.1, 0.15) is 54.1 Å². The van der Waals surface area contributed by atoms with Gasteiger partial charge in [-0.2, -0.15) is 0 Å². The van der Waals surface area contributed by atoms with Gasteiger partial charge >= 0.3 is 0 Å². The van der Waals surface area contributed by atoms with E-state index >= 15 is 0 Å².